The van der Waals surface area contributed by atoms with Gasteiger partial charge >= 0.3 is 5.97 Å². The molecule has 0 aromatic rings. The molecular formula is C9H14O3. The van der Waals surface area contributed by atoms with Crippen LogP contribution in [0.2, 0.25) is 0 Å². The Bertz CT molecular complexity index is 188. The van der Waals surface area contributed by atoms with Gasteiger partial charge < -0.3 is 9.84 Å². The average Bonchev–Trinajstić information content (AvgIpc) is 2.30. The molecule has 0 aromatic heterocycles. The summed E-state index contributed by atoms with van der Waals surface area (Å²) in [6, 6.07) is 0. The number of hydrogen-bond donors (Lipinski definition) is 1. The van der Waals surface area contributed by atoms with Gasteiger partial charge in [0.05, 0.1) is 6.42 Å². The predicted molar refractivity (Wildman–Crippen MR) is 44.5 cm³/mol. The molecule has 3 nitrogen and oxygen atoms in total. The number of carbonyl (C=O) groups is 1. The zero-order chi connectivity index (χ0) is 9.14. The van der Waals surface area contributed by atoms with Crippen molar-refractivity contribution < 1.29 is 14.6 Å². The second-order valence-corrected chi connectivity index (χ2v) is 3.23. The Morgan fingerprint density at radius 2 is 2.58 bits per heavy atom. The van der Waals surface area contributed by atoms with E-state index >= 15 is 0 Å². The highest BCUT2D eigenvalue weighted by atomic mass is 16.6. The topological polar surface area (TPSA) is 46.5 Å². The SMILES string of the molecule is C=CCC(C)[C@H]1OC(=O)C[C@H]1O. The fourth-order valence-corrected chi connectivity index (χ4v) is 1.46. The molecule has 1 N–H and O–H groups in total. The molecule has 0 spiro atoms. The van der Waals surface area contributed by atoms with Crippen LogP contribution >= 0.6 is 0 Å². The van der Waals surface area contributed by atoms with Crippen molar-refractivity contribution in [3.8, 4) is 0 Å². The molecular weight excluding hydrogens is 156 g/mol. The van der Waals surface area contributed by atoms with Crippen LogP contribution in [-0.4, -0.2) is 23.3 Å². The third-order valence-electron chi connectivity index (χ3n) is 2.12. The summed E-state index contributed by atoms with van der Waals surface area (Å²) in [5.74, 6) is -0.146. The van der Waals surface area contributed by atoms with E-state index in [4.69, 9.17) is 4.74 Å². The first-order chi connectivity index (χ1) is 5.65. The fraction of sp³-hybridized carbons (Fsp3) is 0.667. The van der Waals surface area contributed by atoms with Gasteiger partial charge in [-0.15, -0.1) is 6.58 Å². The lowest BCUT2D eigenvalue weighted by Gasteiger charge is -2.19. The summed E-state index contributed by atoms with van der Waals surface area (Å²) in [7, 11) is 0. The second kappa shape index (κ2) is 3.72. The molecule has 0 aliphatic carbocycles. The van der Waals surface area contributed by atoms with E-state index in [0.29, 0.717) is 0 Å². The summed E-state index contributed by atoms with van der Waals surface area (Å²) in [6.07, 6.45) is 1.69. The first-order valence-corrected chi connectivity index (χ1v) is 4.13. The lowest BCUT2D eigenvalue weighted by atomic mass is 9.97. The quantitative estimate of drug-likeness (QED) is 0.505. The number of carbonyl (C=O) groups excluding carboxylic acids is 1. The fourth-order valence-electron chi connectivity index (χ4n) is 1.46. The van der Waals surface area contributed by atoms with Crippen molar-refractivity contribution in [1.82, 2.24) is 0 Å². The molecule has 1 aliphatic rings. The molecule has 68 valence electrons. The smallest absolute Gasteiger partial charge is 0.308 e. The van der Waals surface area contributed by atoms with E-state index < -0.39 is 6.10 Å². The van der Waals surface area contributed by atoms with E-state index in [-0.39, 0.29) is 24.4 Å². The normalized spacial score (nSPS) is 31.3. The molecule has 1 aliphatic heterocycles. The van der Waals surface area contributed by atoms with Crippen LogP contribution in [0, 0.1) is 5.92 Å². The average molecular weight is 170 g/mol. The van der Waals surface area contributed by atoms with Gasteiger partial charge in [-0.25, -0.2) is 0 Å². The Kier molecular flexibility index (Phi) is 2.87. The molecule has 0 aromatic carbocycles. The Labute approximate surface area is 72.0 Å². The number of aliphatic hydroxyl groups excluding tert-OH is 1. The Morgan fingerprint density at radius 3 is 3.00 bits per heavy atom. The molecule has 0 amide bonds. The van der Waals surface area contributed by atoms with Gasteiger partial charge in [0.25, 0.3) is 0 Å². The monoisotopic (exact) mass is 170 g/mol. The minimum Gasteiger partial charge on any atom is -0.459 e. The number of aliphatic hydroxyl groups is 1. The van der Waals surface area contributed by atoms with Gasteiger partial charge in [-0.2, -0.15) is 0 Å². The second-order valence-electron chi connectivity index (χ2n) is 3.23. The molecule has 3 atom stereocenters. The summed E-state index contributed by atoms with van der Waals surface area (Å²) >= 11 is 0. The number of allylic oxidation sites excluding steroid dienone is 1. The molecule has 1 saturated heterocycles. The lowest BCUT2D eigenvalue weighted by molar-refractivity contribution is -0.143. The third-order valence-corrected chi connectivity index (χ3v) is 2.12. The van der Waals surface area contributed by atoms with Crippen LogP contribution in [0.5, 0.6) is 0 Å². The zero-order valence-corrected chi connectivity index (χ0v) is 7.19. The van der Waals surface area contributed by atoms with Crippen LogP contribution in [0.15, 0.2) is 12.7 Å². The Hall–Kier alpha value is -0.830. The summed E-state index contributed by atoms with van der Waals surface area (Å²) in [6.45, 7) is 5.53. The minimum atomic E-state index is -0.632. The molecule has 0 radical (unpaired) electrons. The number of rotatable bonds is 3. The summed E-state index contributed by atoms with van der Waals surface area (Å²) in [5.41, 5.74) is 0. The first-order valence-electron chi connectivity index (χ1n) is 4.13. The first kappa shape index (κ1) is 9.26. The van der Waals surface area contributed by atoms with Crippen LogP contribution in [0.1, 0.15) is 19.8 Å². The van der Waals surface area contributed by atoms with E-state index in [0.717, 1.165) is 6.42 Å². The van der Waals surface area contributed by atoms with Gasteiger partial charge in [-0.05, 0) is 12.3 Å². The lowest BCUT2D eigenvalue weighted by Crippen LogP contribution is -2.27. The molecule has 12 heavy (non-hydrogen) atoms. The van der Waals surface area contributed by atoms with Gasteiger partial charge in [-0.1, -0.05) is 13.0 Å². The van der Waals surface area contributed by atoms with E-state index in [2.05, 4.69) is 6.58 Å². The maximum absolute atomic E-state index is 10.8. The number of ether oxygens (including phenoxy) is 1. The summed E-state index contributed by atoms with van der Waals surface area (Å²) < 4.78 is 4.95. The summed E-state index contributed by atoms with van der Waals surface area (Å²) in [5, 5.41) is 9.38. The van der Waals surface area contributed by atoms with Crippen LogP contribution in [0.25, 0.3) is 0 Å². The minimum absolute atomic E-state index is 0.131. The maximum atomic E-state index is 10.8. The van der Waals surface area contributed by atoms with Crippen molar-refractivity contribution in [1.29, 1.82) is 0 Å². The highest BCUT2D eigenvalue weighted by Crippen LogP contribution is 2.24. The van der Waals surface area contributed by atoms with Crippen molar-refractivity contribution in [3.63, 3.8) is 0 Å². The van der Waals surface area contributed by atoms with Crippen molar-refractivity contribution in [2.45, 2.75) is 32.0 Å². The maximum Gasteiger partial charge on any atom is 0.308 e. The summed E-state index contributed by atoms with van der Waals surface area (Å²) in [4.78, 5) is 10.8. The molecule has 1 unspecified atom stereocenters. The standard InChI is InChI=1S/C9H14O3/c1-3-4-6(2)9-7(10)5-8(11)12-9/h3,6-7,9-10H,1,4-5H2,2H3/t6?,7-,9-/m1/s1. The van der Waals surface area contributed by atoms with E-state index in [1.807, 2.05) is 6.92 Å². The van der Waals surface area contributed by atoms with Crippen LogP contribution in [0.3, 0.4) is 0 Å². The van der Waals surface area contributed by atoms with E-state index in [9.17, 15) is 9.90 Å². The van der Waals surface area contributed by atoms with Crippen LogP contribution in [-0.2, 0) is 9.53 Å². The van der Waals surface area contributed by atoms with Crippen LogP contribution in [0.4, 0.5) is 0 Å². The van der Waals surface area contributed by atoms with Crippen molar-refractivity contribution in [2.24, 2.45) is 5.92 Å². The predicted octanol–water partition coefficient (Wildman–Crippen LogP) is 0.875. The number of cyclic esters (lactones) is 1. The van der Waals surface area contributed by atoms with Crippen molar-refractivity contribution in [2.75, 3.05) is 0 Å². The van der Waals surface area contributed by atoms with Crippen LogP contribution < -0.4 is 0 Å². The number of esters is 1. The molecule has 0 saturated carbocycles. The van der Waals surface area contributed by atoms with Gasteiger partial charge in [0.2, 0.25) is 0 Å². The molecule has 1 fully saturated rings. The third kappa shape index (κ3) is 1.85. The van der Waals surface area contributed by atoms with E-state index in [1.54, 1.807) is 6.08 Å². The highest BCUT2D eigenvalue weighted by Gasteiger charge is 2.36. The molecule has 1 rings (SSSR count). The zero-order valence-electron chi connectivity index (χ0n) is 7.19. The molecule has 1 heterocycles. The van der Waals surface area contributed by atoms with Crippen molar-refractivity contribution in [3.05, 3.63) is 12.7 Å². The largest absolute Gasteiger partial charge is 0.459 e. The van der Waals surface area contributed by atoms with Gasteiger partial charge in [0.15, 0.2) is 0 Å². The Morgan fingerprint density at radius 1 is 1.92 bits per heavy atom. The highest BCUT2D eigenvalue weighted by molar-refractivity contribution is 5.72. The van der Waals surface area contributed by atoms with Gasteiger partial charge in [0.1, 0.15) is 12.2 Å². The van der Waals surface area contributed by atoms with Gasteiger partial charge in [-0.3, -0.25) is 4.79 Å². The molecule has 0 bridgehead atoms. The number of hydrogen-bond acceptors (Lipinski definition) is 3. The molecule has 3 heteroatoms. The van der Waals surface area contributed by atoms with Gasteiger partial charge in [0, 0.05) is 0 Å². The van der Waals surface area contributed by atoms with E-state index in [1.165, 1.54) is 0 Å². The Balaban J connectivity index is 2.51. The van der Waals surface area contributed by atoms with Crippen molar-refractivity contribution >= 4 is 5.97 Å².